The van der Waals surface area contributed by atoms with Crippen LogP contribution in [0, 0.1) is 11.8 Å². The van der Waals surface area contributed by atoms with Crippen LogP contribution < -0.4 is 10.6 Å². The summed E-state index contributed by atoms with van der Waals surface area (Å²) in [7, 11) is 3.89. The number of likely N-dealkylation sites (N-methyl/N-ethyl adjacent to an activating group) is 2. The molecule has 23 heavy (non-hydrogen) atoms. The van der Waals surface area contributed by atoms with E-state index in [0.29, 0.717) is 31.5 Å². The van der Waals surface area contributed by atoms with Crippen LogP contribution in [0.5, 0.6) is 0 Å². The summed E-state index contributed by atoms with van der Waals surface area (Å²) in [4.78, 5) is 27.4. The van der Waals surface area contributed by atoms with Crippen molar-refractivity contribution in [2.24, 2.45) is 11.8 Å². The second-order valence-corrected chi connectivity index (χ2v) is 6.96. The maximum absolute atomic E-state index is 11.7. The van der Waals surface area contributed by atoms with Crippen molar-refractivity contribution < 1.29 is 9.59 Å². The number of nitrogens with zero attached hydrogens (tertiary/aromatic N) is 2. The van der Waals surface area contributed by atoms with Gasteiger partial charge in [0, 0.05) is 13.1 Å². The average molecular weight is 329 g/mol. The summed E-state index contributed by atoms with van der Waals surface area (Å²) in [6, 6.07) is 0. The fraction of sp³-hybridized carbons (Fsp3) is 0.882. The summed E-state index contributed by atoms with van der Waals surface area (Å²) in [5.41, 5.74) is 0. The van der Waals surface area contributed by atoms with E-state index in [1.807, 2.05) is 30.8 Å². The first-order valence-electron chi connectivity index (χ1n) is 8.65. The fourth-order valence-corrected chi connectivity index (χ4v) is 1.94. The molecule has 0 rings (SSSR count). The molecule has 0 bridgehead atoms. The molecule has 6 heteroatoms. The molecule has 0 radical (unpaired) electrons. The van der Waals surface area contributed by atoms with Crippen LogP contribution in [0.3, 0.4) is 0 Å². The summed E-state index contributed by atoms with van der Waals surface area (Å²) < 4.78 is 0. The SMILES string of the molecule is CCN(C)CC(=O)NCC(C)CCN(C)CC(=O)NCC(C)C. The third-order valence-corrected chi connectivity index (χ3v) is 3.73. The number of nitrogens with one attached hydrogen (secondary N) is 2. The molecule has 0 aliphatic carbocycles. The highest BCUT2D eigenvalue weighted by molar-refractivity contribution is 5.78. The highest BCUT2D eigenvalue weighted by atomic mass is 16.2. The van der Waals surface area contributed by atoms with Crippen LogP contribution >= 0.6 is 0 Å². The standard InChI is InChI=1S/C17H36N4O2/c1-7-20(5)12-16(22)19-11-15(4)8-9-21(6)13-17(23)18-10-14(2)3/h14-15H,7-13H2,1-6H3,(H,18,23)(H,19,22). The highest BCUT2D eigenvalue weighted by Crippen LogP contribution is 2.01. The predicted molar refractivity (Wildman–Crippen MR) is 95.3 cm³/mol. The van der Waals surface area contributed by atoms with Crippen LogP contribution in [0.15, 0.2) is 0 Å². The Labute approximate surface area is 142 Å². The molecule has 2 amide bonds. The van der Waals surface area contributed by atoms with Crippen molar-refractivity contribution >= 4 is 11.8 Å². The number of rotatable bonds is 12. The summed E-state index contributed by atoms with van der Waals surface area (Å²) in [6.45, 7) is 12.3. The van der Waals surface area contributed by atoms with Gasteiger partial charge in [-0.15, -0.1) is 0 Å². The molecule has 6 nitrogen and oxygen atoms in total. The third-order valence-electron chi connectivity index (χ3n) is 3.73. The molecule has 0 aromatic heterocycles. The van der Waals surface area contributed by atoms with Crippen molar-refractivity contribution in [2.75, 3.05) is 53.4 Å². The summed E-state index contributed by atoms with van der Waals surface area (Å²) in [5.74, 6) is 1.01. The fourth-order valence-electron chi connectivity index (χ4n) is 1.94. The van der Waals surface area contributed by atoms with Gasteiger partial charge in [-0.1, -0.05) is 27.7 Å². The third kappa shape index (κ3) is 13.0. The Morgan fingerprint density at radius 1 is 0.913 bits per heavy atom. The van der Waals surface area contributed by atoms with E-state index < -0.39 is 0 Å². The minimum atomic E-state index is 0.0719. The van der Waals surface area contributed by atoms with Crippen molar-refractivity contribution in [1.29, 1.82) is 0 Å². The van der Waals surface area contributed by atoms with Crippen molar-refractivity contribution in [1.82, 2.24) is 20.4 Å². The Kier molecular flexibility index (Phi) is 11.7. The number of hydrogen-bond donors (Lipinski definition) is 2. The second-order valence-electron chi connectivity index (χ2n) is 6.96. The van der Waals surface area contributed by atoms with E-state index in [9.17, 15) is 9.59 Å². The maximum atomic E-state index is 11.7. The zero-order valence-corrected chi connectivity index (χ0v) is 15.8. The Morgan fingerprint density at radius 3 is 1.96 bits per heavy atom. The van der Waals surface area contributed by atoms with Gasteiger partial charge in [0.15, 0.2) is 0 Å². The Bertz CT molecular complexity index is 347. The molecular weight excluding hydrogens is 292 g/mol. The van der Waals surface area contributed by atoms with Crippen molar-refractivity contribution in [2.45, 2.75) is 34.1 Å². The summed E-state index contributed by atoms with van der Waals surface area (Å²) >= 11 is 0. The van der Waals surface area contributed by atoms with Crippen LogP contribution in [0.25, 0.3) is 0 Å². The van der Waals surface area contributed by atoms with Gasteiger partial charge in [-0.25, -0.2) is 0 Å². The molecule has 0 saturated carbocycles. The Morgan fingerprint density at radius 2 is 1.43 bits per heavy atom. The van der Waals surface area contributed by atoms with Crippen LogP contribution in [0.2, 0.25) is 0 Å². The molecule has 0 aliphatic heterocycles. The second kappa shape index (κ2) is 12.3. The molecular formula is C17H36N4O2. The summed E-state index contributed by atoms with van der Waals surface area (Å²) in [6.07, 6.45) is 0.956. The minimum Gasteiger partial charge on any atom is -0.355 e. The topological polar surface area (TPSA) is 64.7 Å². The molecule has 0 spiro atoms. The van der Waals surface area contributed by atoms with Gasteiger partial charge in [0.2, 0.25) is 11.8 Å². The number of carbonyl (C=O) groups is 2. The average Bonchev–Trinajstić information content (AvgIpc) is 2.48. The molecule has 1 atom stereocenters. The van der Waals surface area contributed by atoms with E-state index in [1.165, 1.54) is 0 Å². The largest absolute Gasteiger partial charge is 0.355 e. The molecule has 0 heterocycles. The lowest BCUT2D eigenvalue weighted by Gasteiger charge is -2.20. The highest BCUT2D eigenvalue weighted by Gasteiger charge is 2.10. The summed E-state index contributed by atoms with van der Waals surface area (Å²) in [5, 5.41) is 5.89. The van der Waals surface area contributed by atoms with Gasteiger partial charge < -0.3 is 10.6 Å². The van der Waals surface area contributed by atoms with Gasteiger partial charge >= 0.3 is 0 Å². The zero-order valence-electron chi connectivity index (χ0n) is 15.8. The van der Waals surface area contributed by atoms with E-state index in [-0.39, 0.29) is 11.8 Å². The molecule has 136 valence electrons. The molecule has 0 aromatic rings. The normalized spacial score (nSPS) is 12.7. The van der Waals surface area contributed by atoms with Crippen LogP contribution in [-0.4, -0.2) is 75.0 Å². The Balaban J connectivity index is 3.80. The molecule has 2 N–H and O–H groups in total. The molecule has 0 saturated heterocycles. The smallest absolute Gasteiger partial charge is 0.234 e. The maximum Gasteiger partial charge on any atom is 0.234 e. The van der Waals surface area contributed by atoms with Gasteiger partial charge in [0.05, 0.1) is 13.1 Å². The van der Waals surface area contributed by atoms with Gasteiger partial charge in [-0.05, 0) is 45.4 Å². The van der Waals surface area contributed by atoms with E-state index in [1.54, 1.807) is 0 Å². The van der Waals surface area contributed by atoms with Crippen LogP contribution in [0.1, 0.15) is 34.1 Å². The lowest BCUT2D eigenvalue weighted by atomic mass is 10.1. The molecule has 0 aromatic carbocycles. The van der Waals surface area contributed by atoms with Gasteiger partial charge in [-0.2, -0.15) is 0 Å². The van der Waals surface area contributed by atoms with Gasteiger partial charge in [0.1, 0.15) is 0 Å². The predicted octanol–water partition coefficient (Wildman–Crippen LogP) is 0.785. The monoisotopic (exact) mass is 328 g/mol. The lowest BCUT2D eigenvalue weighted by molar-refractivity contribution is -0.122. The van der Waals surface area contributed by atoms with E-state index >= 15 is 0 Å². The Hall–Kier alpha value is -1.14. The van der Waals surface area contributed by atoms with Crippen LogP contribution in [0.4, 0.5) is 0 Å². The number of hydrogen-bond acceptors (Lipinski definition) is 4. The number of carbonyl (C=O) groups excluding carboxylic acids is 2. The van der Waals surface area contributed by atoms with E-state index in [0.717, 1.165) is 26.1 Å². The van der Waals surface area contributed by atoms with E-state index in [4.69, 9.17) is 0 Å². The first-order chi connectivity index (χ1) is 10.7. The molecule has 1 unspecified atom stereocenters. The first-order valence-corrected chi connectivity index (χ1v) is 8.65. The zero-order chi connectivity index (χ0) is 17.8. The van der Waals surface area contributed by atoms with E-state index in [2.05, 4.69) is 31.4 Å². The van der Waals surface area contributed by atoms with Crippen molar-refractivity contribution in [3.63, 3.8) is 0 Å². The minimum absolute atomic E-state index is 0.0719. The molecule has 0 aliphatic rings. The van der Waals surface area contributed by atoms with Gasteiger partial charge in [0.25, 0.3) is 0 Å². The molecule has 0 fully saturated rings. The lowest BCUT2D eigenvalue weighted by Crippen LogP contribution is -2.39. The van der Waals surface area contributed by atoms with Crippen molar-refractivity contribution in [3.8, 4) is 0 Å². The quantitative estimate of drug-likeness (QED) is 0.556. The van der Waals surface area contributed by atoms with Crippen molar-refractivity contribution in [3.05, 3.63) is 0 Å². The van der Waals surface area contributed by atoms with Crippen LogP contribution in [-0.2, 0) is 9.59 Å². The number of amides is 2. The first kappa shape index (κ1) is 21.9. The van der Waals surface area contributed by atoms with Gasteiger partial charge in [-0.3, -0.25) is 19.4 Å².